The molecule has 0 radical (unpaired) electrons. The number of thioether (sulfide) groups is 1. The zero-order valence-electron chi connectivity index (χ0n) is 11.8. The summed E-state index contributed by atoms with van der Waals surface area (Å²) in [4.78, 5) is 25.0. The molecule has 1 N–H and O–H groups in total. The van der Waals surface area contributed by atoms with Crippen molar-refractivity contribution in [2.24, 2.45) is 0 Å². The number of hydrogen-bond donors (Lipinski definition) is 1. The van der Waals surface area contributed by atoms with Gasteiger partial charge in [-0.15, -0.1) is 0 Å². The summed E-state index contributed by atoms with van der Waals surface area (Å²) in [5, 5.41) is 3.90. The molecule has 2 rings (SSSR count). The van der Waals surface area contributed by atoms with E-state index in [0.29, 0.717) is 28.1 Å². The molecule has 1 heterocycles. The number of urea groups is 1. The molecule has 1 fully saturated rings. The highest BCUT2D eigenvalue weighted by Gasteiger charge is 2.43. The Kier molecular flexibility index (Phi) is 5.07. The van der Waals surface area contributed by atoms with E-state index >= 15 is 0 Å². The van der Waals surface area contributed by atoms with Crippen molar-refractivity contribution >= 4 is 46.9 Å². The quantitative estimate of drug-likeness (QED) is 0.655. The average Bonchev–Trinajstić information content (AvgIpc) is 2.58. The van der Waals surface area contributed by atoms with Gasteiger partial charge < -0.3 is 5.32 Å². The predicted octanol–water partition coefficient (Wildman–Crippen LogP) is 3.56. The lowest BCUT2D eigenvalue weighted by Gasteiger charge is -2.15. The third-order valence-electron chi connectivity index (χ3n) is 3.18. The molecule has 1 aromatic rings. The first-order valence-electron chi connectivity index (χ1n) is 6.47. The largest absolute Gasteiger partial charge is 0.325 e. The van der Waals surface area contributed by atoms with Crippen LogP contribution in [0, 0.1) is 0 Å². The number of benzene rings is 1. The van der Waals surface area contributed by atoms with E-state index in [4.69, 9.17) is 23.2 Å². The first-order chi connectivity index (χ1) is 9.81. The van der Waals surface area contributed by atoms with Gasteiger partial charge in [0.25, 0.3) is 5.91 Å². The molecule has 0 unspecified atom stereocenters. The van der Waals surface area contributed by atoms with E-state index in [1.54, 1.807) is 37.7 Å². The predicted molar refractivity (Wildman–Crippen MR) is 86.9 cm³/mol. The molecule has 0 saturated carbocycles. The summed E-state index contributed by atoms with van der Waals surface area (Å²) in [6.45, 7) is 3.80. The van der Waals surface area contributed by atoms with Gasteiger partial charge in [0.1, 0.15) is 5.54 Å². The van der Waals surface area contributed by atoms with Crippen LogP contribution in [0.4, 0.5) is 4.79 Å². The molecule has 1 aromatic carbocycles. The number of rotatable bonds is 5. The van der Waals surface area contributed by atoms with Crippen LogP contribution in [0.2, 0.25) is 10.0 Å². The van der Waals surface area contributed by atoms with Crippen molar-refractivity contribution < 1.29 is 9.59 Å². The van der Waals surface area contributed by atoms with E-state index in [9.17, 15) is 9.59 Å². The maximum atomic E-state index is 12.0. The van der Waals surface area contributed by atoms with Gasteiger partial charge in [0, 0.05) is 28.1 Å². The van der Waals surface area contributed by atoms with E-state index in [-0.39, 0.29) is 11.9 Å². The molecule has 1 aliphatic rings. The van der Waals surface area contributed by atoms with Gasteiger partial charge in [-0.3, -0.25) is 9.69 Å². The Hall–Kier alpha value is -0.910. The van der Waals surface area contributed by atoms with Crippen LogP contribution in [0.25, 0.3) is 0 Å². The molecular formula is C14H16Cl2N2O2S. The topological polar surface area (TPSA) is 49.4 Å². The Bertz CT molecular complexity index is 578. The van der Waals surface area contributed by atoms with Gasteiger partial charge in [0.2, 0.25) is 0 Å². The van der Waals surface area contributed by atoms with Gasteiger partial charge in [0.05, 0.1) is 0 Å². The maximum Gasteiger partial charge on any atom is 0.325 e. The molecule has 7 heteroatoms. The number of carbonyl (C=O) groups excluding carboxylic acids is 2. The minimum atomic E-state index is -0.804. The molecule has 1 aliphatic heterocycles. The second-order valence-corrected chi connectivity index (χ2v) is 7.25. The highest BCUT2D eigenvalue weighted by Crippen LogP contribution is 2.25. The van der Waals surface area contributed by atoms with Crippen LogP contribution in [0.1, 0.15) is 19.4 Å². The molecule has 0 atom stereocenters. The summed E-state index contributed by atoms with van der Waals surface area (Å²) in [5.74, 6) is 1.19. The minimum absolute atomic E-state index is 0.183. The Morgan fingerprint density at radius 3 is 2.57 bits per heavy atom. The van der Waals surface area contributed by atoms with E-state index in [2.05, 4.69) is 5.32 Å². The monoisotopic (exact) mass is 346 g/mol. The standard InChI is InChI=1S/C14H16Cl2N2O2S/c1-14(2)12(19)18(13(20)17-14)5-6-21-8-9-3-4-10(15)7-11(9)16/h3-4,7H,5-6,8H2,1-2H3,(H,17,20). The lowest BCUT2D eigenvalue weighted by Crippen LogP contribution is -2.40. The number of nitrogens with one attached hydrogen (secondary N) is 1. The second kappa shape index (κ2) is 6.46. The first kappa shape index (κ1) is 16.5. The maximum absolute atomic E-state index is 12.0. The normalized spacial score (nSPS) is 17.2. The van der Waals surface area contributed by atoms with Crippen molar-refractivity contribution in [3.05, 3.63) is 33.8 Å². The molecule has 0 aliphatic carbocycles. The summed E-state index contributed by atoms with van der Waals surface area (Å²) in [6, 6.07) is 5.06. The summed E-state index contributed by atoms with van der Waals surface area (Å²) in [7, 11) is 0. The van der Waals surface area contributed by atoms with Crippen molar-refractivity contribution in [3.63, 3.8) is 0 Å². The Labute approximate surface area is 138 Å². The van der Waals surface area contributed by atoms with Gasteiger partial charge in [-0.05, 0) is 31.5 Å². The van der Waals surface area contributed by atoms with E-state index in [1.165, 1.54) is 4.90 Å². The van der Waals surface area contributed by atoms with Gasteiger partial charge in [-0.1, -0.05) is 29.3 Å². The third kappa shape index (κ3) is 3.84. The first-order valence-corrected chi connectivity index (χ1v) is 8.38. The SMILES string of the molecule is CC1(C)NC(=O)N(CCSCc2ccc(Cl)cc2Cl)C1=O. The van der Waals surface area contributed by atoms with E-state index < -0.39 is 5.54 Å². The highest BCUT2D eigenvalue weighted by atomic mass is 35.5. The van der Waals surface area contributed by atoms with E-state index in [1.807, 2.05) is 6.07 Å². The van der Waals surface area contributed by atoms with E-state index in [0.717, 1.165) is 5.56 Å². The van der Waals surface area contributed by atoms with Crippen molar-refractivity contribution in [2.75, 3.05) is 12.3 Å². The molecule has 1 saturated heterocycles. The van der Waals surface area contributed by atoms with Crippen molar-refractivity contribution in [1.82, 2.24) is 10.2 Å². The highest BCUT2D eigenvalue weighted by molar-refractivity contribution is 7.98. The van der Waals surface area contributed by atoms with Crippen LogP contribution in [0.5, 0.6) is 0 Å². The molecular weight excluding hydrogens is 331 g/mol. The molecule has 0 aromatic heterocycles. The zero-order chi connectivity index (χ0) is 15.6. The van der Waals surface area contributed by atoms with Crippen LogP contribution in [0.3, 0.4) is 0 Å². The van der Waals surface area contributed by atoms with Crippen molar-refractivity contribution in [1.29, 1.82) is 0 Å². The Balaban J connectivity index is 1.83. The fraction of sp³-hybridized carbons (Fsp3) is 0.429. The van der Waals surface area contributed by atoms with Crippen LogP contribution < -0.4 is 5.32 Å². The number of halogens is 2. The summed E-state index contributed by atoms with van der Waals surface area (Å²) in [6.07, 6.45) is 0. The van der Waals surface area contributed by atoms with Gasteiger partial charge in [-0.25, -0.2) is 4.79 Å². The molecule has 0 bridgehead atoms. The van der Waals surface area contributed by atoms with Crippen LogP contribution in [-0.2, 0) is 10.5 Å². The second-order valence-electron chi connectivity index (χ2n) is 5.30. The smallest absolute Gasteiger partial charge is 0.324 e. The number of carbonyl (C=O) groups is 2. The van der Waals surface area contributed by atoms with Crippen LogP contribution in [0.15, 0.2) is 18.2 Å². The number of imide groups is 1. The zero-order valence-corrected chi connectivity index (χ0v) is 14.1. The number of nitrogens with zero attached hydrogens (tertiary/aromatic N) is 1. The number of hydrogen-bond acceptors (Lipinski definition) is 3. The summed E-state index contributed by atoms with van der Waals surface area (Å²) < 4.78 is 0. The molecule has 3 amide bonds. The van der Waals surface area contributed by atoms with Crippen molar-refractivity contribution in [3.8, 4) is 0 Å². The Morgan fingerprint density at radius 1 is 1.29 bits per heavy atom. The summed E-state index contributed by atoms with van der Waals surface area (Å²) in [5.41, 5.74) is 0.185. The molecule has 21 heavy (non-hydrogen) atoms. The molecule has 0 spiro atoms. The van der Waals surface area contributed by atoms with Gasteiger partial charge in [0.15, 0.2) is 0 Å². The van der Waals surface area contributed by atoms with Crippen LogP contribution in [-0.4, -0.2) is 34.7 Å². The number of amides is 3. The summed E-state index contributed by atoms with van der Waals surface area (Å²) >= 11 is 13.6. The fourth-order valence-corrected chi connectivity index (χ4v) is 3.48. The molecule has 4 nitrogen and oxygen atoms in total. The van der Waals surface area contributed by atoms with Gasteiger partial charge >= 0.3 is 6.03 Å². The minimum Gasteiger partial charge on any atom is -0.324 e. The molecule has 114 valence electrons. The Morgan fingerprint density at radius 2 is 2.00 bits per heavy atom. The lowest BCUT2D eigenvalue weighted by molar-refractivity contribution is -0.130. The third-order valence-corrected chi connectivity index (χ3v) is 4.75. The average molecular weight is 347 g/mol. The lowest BCUT2D eigenvalue weighted by atomic mass is 10.1. The van der Waals surface area contributed by atoms with Gasteiger partial charge in [-0.2, -0.15) is 11.8 Å². The van der Waals surface area contributed by atoms with Crippen LogP contribution >= 0.6 is 35.0 Å². The van der Waals surface area contributed by atoms with Crippen molar-refractivity contribution in [2.45, 2.75) is 25.1 Å². The fourth-order valence-electron chi connectivity index (χ4n) is 2.00.